The van der Waals surface area contributed by atoms with Gasteiger partial charge in [0.1, 0.15) is 0 Å². The lowest BCUT2D eigenvalue weighted by atomic mass is 10.0. The summed E-state index contributed by atoms with van der Waals surface area (Å²) in [5, 5.41) is 9.03. The number of nitriles is 1. The van der Waals surface area contributed by atoms with Crippen molar-refractivity contribution in [2.45, 2.75) is 31.8 Å². The molecule has 0 saturated carbocycles. The van der Waals surface area contributed by atoms with Crippen LogP contribution >= 0.6 is 0 Å². The summed E-state index contributed by atoms with van der Waals surface area (Å²) in [5.74, 6) is 0. The Bertz CT molecular complexity index is 342. The zero-order chi connectivity index (χ0) is 10.5. The van der Waals surface area contributed by atoms with E-state index in [1.54, 1.807) is 6.20 Å². The van der Waals surface area contributed by atoms with Gasteiger partial charge in [-0.2, -0.15) is 5.26 Å². The first kappa shape index (κ1) is 10.1. The third-order valence-corrected chi connectivity index (χ3v) is 2.85. The fourth-order valence-corrected chi connectivity index (χ4v) is 2.03. The monoisotopic (exact) mass is 201 g/mol. The highest BCUT2D eigenvalue weighted by atomic mass is 15.2. The van der Waals surface area contributed by atoms with E-state index in [0.29, 0.717) is 0 Å². The molecule has 0 N–H and O–H groups in total. The van der Waals surface area contributed by atoms with Crippen molar-refractivity contribution in [3.63, 3.8) is 0 Å². The summed E-state index contributed by atoms with van der Waals surface area (Å²) < 4.78 is 0. The van der Waals surface area contributed by atoms with E-state index in [1.807, 2.05) is 18.2 Å². The van der Waals surface area contributed by atoms with Crippen LogP contribution in [0.5, 0.6) is 0 Å². The van der Waals surface area contributed by atoms with Gasteiger partial charge >= 0.3 is 0 Å². The molecule has 1 fully saturated rings. The van der Waals surface area contributed by atoms with Gasteiger partial charge in [-0.25, -0.2) is 0 Å². The van der Waals surface area contributed by atoms with Crippen molar-refractivity contribution in [3.8, 4) is 6.07 Å². The van der Waals surface area contributed by atoms with Gasteiger partial charge in [0.2, 0.25) is 0 Å². The standard InChI is InChI=1S/C12H15N3/c13-9-12-6-2-4-8-15(12)10-11-5-1-3-7-14-11/h1,3,5,7,12H,2,4,6,8,10H2. The van der Waals surface area contributed by atoms with Gasteiger partial charge in [-0.1, -0.05) is 6.07 Å². The van der Waals surface area contributed by atoms with E-state index in [-0.39, 0.29) is 6.04 Å². The van der Waals surface area contributed by atoms with Crippen LogP contribution in [-0.2, 0) is 6.54 Å². The average molecular weight is 201 g/mol. The van der Waals surface area contributed by atoms with E-state index >= 15 is 0 Å². The molecule has 0 aliphatic carbocycles. The zero-order valence-electron chi connectivity index (χ0n) is 8.76. The fourth-order valence-electron chi connectivity index (χ4n) is 2.03. The third kappa shape index (κ3) is 2.54. The molecule has 2 heterocycles. The Labute approximate surface area is 90.4 Å². The molecule has 78 valence electrons. The molecule has 0 bridgehead atoms. The highest BCUT2D eigenvalue weighted by Crippen LogP contribution is 2.18. The smallest absolute Gasteiger partial charge is 0.0981 e. The van der Waals surface area contributed by atoms with Crippen molar-refractivity contribution in [1.29, 1.82) is 5.26 Å². The molecule has 3 nitrogen and oxygen atoms in total. The molecule has 0 radical (unpaired) electrons. The maximum absolute atomic E-state index is 9.03. The maximum Gasteiger partial charge on any atom is 0.0981 e. The lowest BCUT2D eigenvalue weighted by molar-refractivity contribution is 0.174. The number of likely N-dealkylation sites (tertiary alicyclic amines) is 1. The number of pyridine rings is 1. The fraction of sp³-hybridized carbons (Fsp3) is 0.500. The summed E-state index contributed by atoms with van der Waals surface area (Å²) in [6.45, 7) is 1.83. The second kappa shape index (κ2) is 4.90. The lowest BCUT2D eigenvalue weighted by Crippen LogP contribution is -2.38. The van der Waals surface area contributed by atoms with Gasteiger partial charge in [0, 0.05) is 12.7 Å². The summed E-state index contributed by atoms with van der Waals surface area (Å²) in [7, 11) is 0. The van der Waals surface area contributed by atoms with Crippen LogP contribution in [0.3, 0.4) is 0 Å². The second-order valence-electron chi connectivity index (χ2n) is 3.93. The largest absolute Gasteiger partial charge is 0.282 e. The number of piperidine rings is 1. The summed E-state index contributed by atoms with van der Waals surface area (Å²) in [6.07, 6.45) is 5.19. The van der Waals surface area contributed by atoms with E-state index in [4.69, 9.17) is 5.26 Å². The Morgan fingerprint density at radius 2 is 2.40 bits per heavy atom. The van der Waals surface area contributed by atoms with Crippen molar-refractivity contribution in [1.82, 2.24) is 9.88 Å². The average Bonchev–Trinajstić information content (AvgIpc) is 2.31. The Hall–Kier alpha value is -1.40. The number of nitrogens with zero attached hydrogens (tertiary/aromatic N) is 3. The van der Waals surface area contributed by atoms with Gasteiger partial charge < -0.3 is 0 Å². The van der Waals surface area contributed by atoms with Crippen molar-refractivity contribution >= 4 is 0 Å². The lowest BCUT2D eigenvalue weighted by Gasteiger charge is -2.30. The molecule has 0 aromatic carbocycles. The molecule has 0 amide bonds. The molecule has 1 aliphatic heterocycles. The summed E-state index contributed by atoms with van der Waals surface area (Å²) in [4.78, 5) is 6.52. The highest BCUT2D eigenvalue weighted by molar-refractivity contribution is 5.05. The SMILES string of the molecule is N#CC1CCCCN1Cc1ccccn1. The van der Waals surface area contributed by atoms with Crippen molar-refractivity contribution < 1.29 is 0 Å². The van der Waals surface area contributed by atoms with Crippen LogP contribution in [0.2, 0.25) is 0 Å². The Morgan fingerprint density at radius 3 is 3.13 bits per heavy atom. The van der Waals surface area contributed by atoms with Gasteiger partial charge in [-0.05, 0) is 37.9 Å². The van der Waals surface area contributed by atoms with Crippen molar-refractivity contribution in [2.24, 2.45) is 0 Å². The van der Waals surface area contributed by atoms with Gasteiger partial charge in [-0.15, -0.1) is 0 Å². The predicted octanol–water partition coefficient (Wildman–Crippen LogP) is 1.96. The Kier molecular flexibility index (Phi) is 3.31. The molecule has 15 heavy (non-hydrogen) atoms. The van der Waals surface area contributed by atoms with Crippen LogP contribution in [0.4, 0.5) is 0 Å². The first-order valence-electron chi connectivity index (χ1n) is 5.44. The first-order valence-corrected chi connectivity index (χ1v) is 5.44. The molecule has 2 rings (SSSR count). The molecular weight excluding hydrogens is 186 g/mol. The van der Waals surface area contributed by atoms with Gasteiger partial charge in [0.25, 0.3) is 0 Å². The summed E-state index contributed by atoms with van der Waals surface area (Å²) >= 11 is 0. The van der Waals surface area contributed by atoms with E-state index in [2.05, 4.69) is 16.0 Å². The van der Waals surface area contributed by atoms with E-state index in [9.17, 15) is 0 Å². The van der Waals surface area contributed by atoms with Crippen LogP contribution in [0, 0.1) is 11.3 Å². The van der Waals surface area contributed by atoms with E-state index in [0.717, 1.165) is 25.2 Å². The Morgan fingerprint density at radius 1 is 1.47 bits per heavy atom. The van der Waals surface area contributed by atoms with Gasteiger partial charge in [0.05, 0.1) is 17.8 Å². The number of hydrogen-bond acceptors (Lipinski definition) is 3. The molecule has 1 saturated heterocycles. The zero-order valence-corrected chi connectivity index (χ0v) is 8.76. The quantitative estimate of drug-likeness (QED) is 0.734. The van der Waals surface area contributed by atoms with Crippen LogP contribution < -0.4 is 0 Å². The summed E-state index contributed by atoms with van der Waals surface area (Å²) in [5.41, 5.74) is 1.06. The minimum atomic E-state index is 0.0840. The number of hydrogen-bond donors (Lipinski definition) is 0. The molecular formula is C12H15N3. The molecule has 0 spiro atoms. The van der Waals surface area contributed by atoms with Gasteiger partial charge in [-0.3, -0.25) is 9.88 Å². The number of rotatable bonds is 2. The van der Waals surface area contributed by atoms with Crippen LogP contribution in [0.15, 0.2) is 24.4 Å². The topological polar surface area (TPSA) is 39.9 Å². The summed E-state index contributed by atoms with van der Waals surface area (Å²) in [6, 6.07) is 8.39. The normalized spacial score (nSPS) is 22.2. The van der Waals surface area contributed by atoms with Crippen LogP contribution in [-0.4, -0.2) is 22.5 Å². The van der Waals surface area contributed by atoms with Crippen molar-refractivity contribution in [3.05, 3.63) is 30.1 Å². The van der Waals surface area contributed by atoms with Crippen LogP contribution in [0.25, 0.3) is 0 Å². The minimum Gasteiger partial charge on any atom is -0.282 e. The predicted molar refractivity (Wildman–Crippen MR) is 57.9 cm³/mol. The van der Waals surface area contributed by atoms with E-state index in [1.165, 1.54) is 12.8 Å². The molecule has 1 atom stereocenters. The minimum absolute atomic E-state index is 0.0840. The molecule has 1 unspecified atom stereocenters. The third-order valence-electron chi connectivity index (χ3n) is 2.85. The molecule has 3 heteroatoms. The molecule has 1 aliphatic rings. The first-order chi connectivity index (χ1) is 7.40. The van der Waals surface area contributed by atoms with Crippen LogP contribution in [0.1, 0.15) is 25.0 Å². The van der Waals surface area contributed by atoms with E-state index < -0.39 is 0 Å². The molecule has 1 aromatic heterocycles. The highest BCUT2D eigenvalue weighted by Gasteiger charge is 2.21. The maximum atomic E-state index is 9.03. The number of aromatic nitrogens is 1. The van der Waals surface area contributed by atoms with Crippen molar-refractivity contribution in [2.75, 3.05) is 6.54 Å². The molecule has 1 aromatic rings. The van der Waals surface area contributed by atoms with Gasteiger partial charge in [0.15, 0.2) is 0 Å². The Balaban J connectivity index is 2.01. The second-order valence-corrected chi connectivity index (χ2v) is 3.93.